The summed E-state index contributed by atoms with van der Waals surface area (Å²) in [6.07, 6.45) is -3.80. The molecule has 2 aromatic rings. The second-order valence-electron chi connectivity index (χ2n) is 6.96. The fourth-order valence-electron chi connectivity index (χ4n) is 3.03. The number of hydrogen-bond donors (Lipinski definition) is 2. The van der Waals surface area contributed by atoms with Crippen LogP contribution in [0.5, 0.6) is 0 Å². The van der Waals surface area contributed by atoms with Gasteiger partial charge >= 0.3 is 6.18 Å². The van der Waals surface area contributed by atoms with Crippen molar-refractivity contribution < 1.29 is 22.8 Å². The van der Waals surface area contributed by atoms with E-state index in [0.29, 0.717) is 11.6 Å². The summed E-state index contributed by atoms with van der Waals surface area (Å²) in [5.74, 6) is -1.24. The average molecular weight is 440 g/mol. The summed E-state index contributed by atoms with van der Waals surface area (Å²) in [7, 11) is 1.51. The average Bonchev–Trinajstić information content (AvgIpc) is 2.65. The topological polar surface area (TPSA) is 101 Å². The number of pyridine rings is 1. The molecule has 0 aliphatic carbocycles. The largest absolute Gasteiger partial charge is 0.418 e. The van der Waals surface area contributed by atoms with Crippen LogP contribution >= 0.6 is 11.6 Å². The number of carbonyl (C=O) groups is 2. The van der Waals surface area contributed by atoms with E-state index in [1.54, 1.807) is 19.1 Å². The highest BCUT2D eigenvalue weighted by Crippen LogP contribution is 2.35. The van der Waals surface area contributed by atoms with Crippen molar-refractivity contribution in [3.05, 3.63) is 58.4 Å². The highest BCUT2D eigenvalue weighted by molar-refractivity contribution is 6.30. The van der Waals surface area contributed by atoms with Gasteiger partial charge < -0.3 is 11.1 Å². The Hall–Kier alpha value is -3.14. The monoisotopic (exact) mass is 439 g/mol. The van der Waals surface area contributed by atoms with Crippen LogP contribution in [0.3, 0.4) is 0 Å². The molecule has 1 aliphatic rings. The van der Waals surface area contributed by atoms with Crippen LogP contribution in [-0.4, -0.2) is 34.7 Å². The van der Waals surface area contributed by atoms with Gasteiger partial charge in [-0.15, -0.1) is 0 Å². The Morgan fingerprint density at radius 3 is 2.67 bits per heavy atom. The van der Waals surface area contributed by atoms with Gasteiger partial charge in [0.1, 0.15) is 5.69 Å². The van der Waals surface area contributed by atoms with Gasteiger partial charge in [-0.05, 0) is 30.7 Å². The first-order valence-electron chi connectivity index (χ1n) is 8.67. The molecule has 3 N–H and O–H groups in total. The number of alkyl halides is 3. The van der Waals surface area contributed by atoms with E-state index in [0.717, 1.165) is 6.20 Å². The SMILES string of the molecule is CN1C(=O)C[C@@](C)(c2cccc(NC(=O)c3ncc(Cl)cc3C(F)(F)F)c2)N=C1N. The highest BCUT2D eigenvalue weighted by Gasteiger charge is 2.38. The predicted molar refractivity (Wildman–Crippen MR) is 105 cm³/mol. The van der Waals surface area contributed by atoms with Crippen LogP contribution < -0.4 is 11.1 Å². The molecule has 2 heterocycles. The Kier molecular flexibility index (Phi) is 5.46. The number of benzene rings is 1. The first kappa shape index (κ1) is 21.6. The summed E-state index contributed by atoms with van der Waals surface area (Å²) in [6, 6.07) is 6.94. The summed E-state index contributed by atoms with van der Waals surface area (Å²) in [4.78, 5) is 33.8. The van der Waals surface area contributed by atoms with Crippen molar-refractivity contribution in [2.45, 2.75) is 25.1 Å². The van der Waals surface area contributed by atoms with Crippen LogP contribution in [0.25, 0.3) is 0 Å². The van der Waals surface area contributed by atoms with Crippen molar-refractivity contribution >= 4 is 35.1 Å². The Bertz CT molecular complexity index is 1060. The zero-order valence-corrected chi connectivity index (χ0v) is 16.7. The lowest BCUT2D eigenvalue weighted by molar-refractivity contribution is -0.138. The lowest BCUT2D eigenvalue weighted by Crippen LogP contribution is -2.47. The van der Waals surface area contributed by atoms with E-state index in [2.05, 4.69) is 15.3 Å². The summed E-state index contributed by atoms with van der Waals surface area (Å²) < 4.78 is 39.7. The Balaban J connectivity index is 1.92. The van der Waals surface area contributed by atoms with Crippen LogP contribution in [-0.2, 0) is 16.5 Å². The van der Waals surface area contributed by atoms with Gasteiger partial charge in [0.05, 0.1) is 22.5 Å². The van der Waals surface area contributed by atoms with Gasteiger partial charge in [0.2, 0.25) is 5.91 Å². The highest BCUT2D eigenvalue weighted by atomic mass is 35.5. The summed E-state index contributed by atoms with van der Waals surface area (Å²) >= 11 is 5.60. The number of aromatic nitrogens is 1. The second kappa shape index (κ2) is 7.60. The molecule has 30 heavy (non-hydrogen) atoms. The van der Waals surface area contributed by atoms with Crippen LogP contribution in [0.15, 0.2) is 41.5 Å². The molecule has 11 heteroatoms. The van der Waals surface area contributed by atoms with Crippen molar-refractivity contribution in [1.29, 1.82) is 0 Å². The van der Waals surface area contributed by atoms with Crippen molar-refractivity contribution in [3.63, 3.8) is 0 Å². The molecule has 0 saturated carbocycles. The first-order valence-corrected chi connectivity index (χ1v) is 9.05. The molecule has 0 radical (unpaired) electrons. The minimum Gasteiger partial charge on any atom is -0.369 e. The summed E-state index contributed by atoms with van der Waals surface area (Å²) in [5.41, 5.74) is 3.55. The molecule has 1 aromatic heterocycles. The molecule has 1 atom stereocenters. The number of anilines is 1. The van der Waals surface area contributed by atoms with Gasteiger partial charge in [0.25, 0.3) is 5.91 Å². The molecule has 158 valence electrons. The number of hydrogen-bond acceptors (Lipinski definition) is 5. The molecule has 0 fully saturated rings. The maximum Gasteiger partial charge on any atom is 0.418 e. The Labute approximate surface area is 174 Å². The number of nitrogens with zero attached hydrogens (tertiary/aromatic N) is 3. The molecular formula is C19H17ClF3N5O2. The van der Waals surface area contributed by atoms with Gasteiger partial charge in [-0.3, -0.25) is 14.5 Å². The smallest absolute Gasteiger partial charge is 0.369 e. The van der Waals surface area contributed by atoms with E-state index in [9.17, 15) is 22.8 Å². The van der Waals surface area contributed by atoms with Crippen molar-refractivity contribution in [1.82, 2.24) is 9.88 Å². The number of rotatable bonds is 3. The zero-order valence-electron chi connectivity index (χ0n) is 15.9. The number of amides is 2. The standard InChI is InChI=1S/C19H17ClF3N5O2/c1-18(8-14(29)28(2)17(24)27-18)10-4-3-5-12(6-10)26-16(30)15-13(19(21,22)23)7-11(20)9-25-15/h3-7,9H,8H2,1-2H3,(H2,24,27)(H,26,30)/t18-/m0/s1. The fraction of sp³-hybridized carbons (Fsp3) is 0.263. The molecule has 2 amide bonds. The van der Waals surface area contributed by atoms with Crippen molar-refractivity contribution in [2.24, 2.45) is 10.7 Å². The van der Waals surface area contributed by atoms with E-state index >= 15 is 0 Å². The normalized spacial score (nSPS) is 19.5. The zero-order chi connectivity index (χ0) is 22.3. The molecule has 0 spiro atoms. The van der Waals surface area contributed by atoms with Crippen LogP contribution in [0.4, 0.5) is 18.9 Å². The van der Waals surface area contributed by atoms with Gasteiger partial charge in [-0.1, -0.05) is 23.7 Å². The predicted octanol–water partition coefficient (Wildman–Crippen LogP) is 3.40. The van der Waals surface area contributed by atoms with E-state index < -0.39 is 28.9 Å². The minimum absolute atomic E-state index is 0.0402. The van der Waals surface area contributed by atoms with Gasteiger partial charge in [-0.2, -0.15) is 13.2 Å². The van der Waals surface area contributed by atoms with E-state index in [4.69, 9.17) is 17.3 Å². The van der Waals surface area contributed by atoms with Gasteiger partial charge in [0, 0.05) is 18.9 Å². The Morgan fingerprint density at radius 2 is 2.03 bits per heavy atom. The lowest BCUT2D eigenvalue weighted by Gasteiger charge is -2.33. The van der Waals surface area contributed by atoms with Crippen LogP contribution in [0.1, 0.15) is 35.0 Å². The summed E-state index contributed by atoms with van der Waals surface area (Å²) in [6.45, 7) is 1.70. The maximum atomic E-state index is 13.2. The number of guanidine groups is 1. The number of nitrogens with two attached hydrogens (primary N) is 1. The van der Waals surface area contributed by atoms with Gasteiger partial charge in [-0.25, -0.2) is 9.98 Å². The third-order valence-electron chi connectivity index (χ3n) is 4.69. The maximum absolute atomic E-state index is 13.2. The second-order valence-corrected chi connectivity index (χ2v) is 7.39. The van der Waals surface area contributed by atoms with E-state index in [1.165, 1.54) is 24.1 Å². The van der Waals surface area contributed by atoms with Crippen LogP contribution in [0.2, 0.25) is 5.02 Å². The Morgan fingerprint density at radius 1 is 1.33 bits per heavy atom. The van der Waals surface area contributed by atoms with Gasteiger partial charge in [0.15, 0.2) is 5.96 Å². The number of halogens is 4. The van der Waals surface area contributed by atoms with Crippen molar-refractivity contribution in [3.8, 4) is 0 Å². The molecule has 1 aliphatic heterocycles. The van der Waals surface area contributed by atoms with E-state index in [-0.39, 0.29) is 29.0 Å². The molecule has 0 saturated heterocycles. The number of nitrogens with one attached hydrogen (secondary N) is 1. The van der Waals surface area contributed by atoms with Crippen molar-refractivity contribution in [2.75, 3.05) is 12.4 Å². The number of carbonyl (C=O) groups excluding carboxylic acids is 2. The number of aliphatic imine (C=N–C) groups is 1. The summed E-state index contributed by atoms with van der Waals surface area (Å²) in [5, 5.41) is 2.16. The van der Waals surface area contributed by atoms with Crippen LogP contribution in [0, 0.1) is 0 Å². The molecule has 3 rings (SSSR count). The third-order valence-corrected chi connectivity index (χ3v) is 4.90. The molecular weight excluding hydrogens is 423 g/mol. The lowest BCUT2D eigenvalue weighted by atomic mass is 9.87. The molecule has 7 nitrogen and oxygen atoms in total. The molecule has 0 bridgehead atoms. The first-order chi connectivity index (χ1) is 13.9. The fourth-order valence-corrected chi connectivity index (χ4v) is 3.19. The quantitative estimate of drug-likeness (QED) is 0.765. The van der Waals surface area contributed by atoms with E-state index in [1.807, 2.05) is 0 Å². The molecule has 0 unspecified atom stereocenters. The molecule has 1 aromatic carbocycles. The third kappa shape index (κ3) is 4.23. The minimum atomic E-state index is -4.80.